The van der Waals surface area contributed by atoms with Crippen molar-refractivity contribution in [3.05, 3.63) is 57.2 Å². The number of halogens is 1. The second-order valence-corrected chi connectivity index (χ2v) is 5.97. The summed E-state index contributed by atoms with van der Waals surface area (Å²) in [7, 11) is 4.02. The maximum absolute atomic E-state index is 12.1. The second kappa shape index (κ2) is 6.88. The molecule has 0 spiro atoms. The molecule has 0 aliphatic carbocycles. The molecule has 0 saturated carbocycles. The van der Waals surface area contributed by atoms with E-state index >= 15 is 0 Å². The van der Waals surface area contributed by atoms with Gasteiger partial charge in [0.25, 0.3) is 5.91 Å². The molecule has 0 saturated heterocycles. The highest BCUT2D eigenvalue weighted by atomic mass is 35.5. The number of thiophene rings is 1. The van der Waals surface area contributed by atoms with Crippen molar-refractivity contribution in [3.63, 3.8) is 0 Å². The number of likely N-dealkylation sites (N-methyl/N-ethyl adjacent to an activating group) is 1. The van der Waals surface area contributed by atoms with Crippen LogP contribution in [0.15, 0.2) is 41.1 Å². The average molecular weight is 309 g/mol. The minimum absolute atomic E-state index is 0.102. The maximum Gasteiger partial charge on any atom is 0.251 e. The summed E-state index contributed by atoms with van der Waals surface area (Å²) >= 11 is 7.56. The third-order valence-electron chi connectivity index (χ3n) is 3.09. The van der Waals surface area contributed by atoms with Crippen molar-refractivity contribution in [1.82, 2.24) is 10.2 Å². The third-order valence-corrected chi connectivity index (χ3v) is 4.03. The van der Waals surface area contributed by atoms with Gasteiger partial charge in [0.15, 0.2) is 0 Å². The van der Waals surface area contributed by atoms with Gasteiger partial charge >= 0.3 is 0 Å². The van der Waals surface area contributed by atoms with E-state index in [1.807, 2.05) is 19.5 Å². The summed E-state index contributed by atoms with van der Waals surface area (Å²) in [6.07, 6.45) is 0. The fourth-order valence-electron chi connectivity index (χ4n) is 1.98. The first-order valence-corrected chi connectivity index (χ1v) is 7.62. The van der Waals surface area contributed by atoms with Crippen LogP contribution in [-0.2, 0) is 0 Å². The predicted molar refractivity (Wildman–Crippen MR) is 84.5 cm³/mol. The van der Waals surface area contributed by atoms with Crippen LogP contribution in [0.4, 0.5) is 0 Å². The highest BCUT2D eigenvalue weighted by molar-refractivity contribution is 7.07. The normalized spacial score (nSPS) is 12.4. The van der Waals surface area contributed by atoms with Gasteiger partial charge in [-0.1, -0.05) is 17.7 Å². The van der Waals surface area contributed by atoms with Crippen LogP contribution in [0.25, 0.3) is 0 Å². The Morgan fingerprint density at radius 3 is 2.80 bits per heavy atom. The smallest absolute Gasteiger partial charge is 0.251 e. The van der Waals surface area contributed by atoms with Gasteiger partial charge < -0.3 is 10.2 Å². The number of hydrogen-bond acceptors (Lipinski definition) is 3. The summed E-state index contributed by atoms with van der Waals surface area (Å²) in [5, 5.41) is 7.68. The van der Waals surface area contributed by atoms with Gasteiger partial charge in [-0.3, -0.25) is 4.79 Å². The summed E-state index contributed by atoms with van der Waals surface area (Å²) in [6, 6.07) is 9.22. The lowest BCUT2D eigenvalue weighted by molar-refractivity contribution is 0.0942. The summed E-state index contributed by atoms with van der Waals surface area (Å²) in [5.74, 6) is -0.102. The Kier molecular flexibility index (Phi) is 5.17. The van der Waals surface area contributed by atoms with Crippen molar-refractivity contribution in [1.29, 1.82) is 0 Å². The van der Waals surface area contributed by atoms with E-state index in [1.165, 1.54) is 5.56 Å². The lowest BCUT2D eigenvalue weighted by Gasteiger charge is -2.24. The molecule has 0 bridgehead atoms. The first kappa shape index (κ1) is 15.0. The Hall–Kier alpha value is -1.36. The Morgan fingerprint density at radius 1 is 1.40 bits per heavy atom. The van der Waals surface area contributed by atoms with E-state index in [1.54, 1.807) is 35.6 Å². The molecule has 2 aromatic rings. The van der Waals surface area contributed by atoms with Crippen LogP contribution in [0.3, 0.4) is 0 Å². The molecular formula is C15H17ClN2OS. The average Bonchev–Trinajstić information content (AvgIpc) is 2.92. The van der Waals surface area contributed by atoms with Crippen molar-refractivity contribution in [2.24, 2.45) is 0 Å². The van der Waals surface area contributed by atoms with Gasteiger partial charge in [0, 0.05) is 17.1 Å². The first-order chi connectivity index (χ1) is 9.58. The molecule has 0 fully saturated rings. The van der Waals surface area contributed by atoms with Crippen LogP contribution in [-0.4, -0.2) is 31.4 Å². The van der Waals surface area contributed by atoms with E-state index in [9.17, 15) is 4.79 Å². The zero-order valence-electron chi connectivity index (χ0n) is 11.5. The fraction of sp³-hybridized carbons (Fsp3) is 0.267. The monoisotopic (exact) mass is 308 g/mol. The topological polar surface area (TPSA) is 32.3 Å². The summed E-state index contributed by atoms with van der Waals surface area (Å²) in [4.78, 5) is 14.2. The molecule has 1 aromatic heterocycles. The van der Waals surface area contributed by atoms with Gasteiger partial charge in [0.2, 0.25) is 0 Å². The molecule has 0 aliphatic heterocycles. The van der Waals surface area contributed by atoms with Crippen molar-refractivity contribution < 1.29 is 4.79 Å². The van der Waals surface area contributed by atoms with Gasteiger partial charge in [-0.25, -0.2) is 0 Å². The number of carbonyl (C=O) groups excluding carboxylic acids is 1. The molecule has 1 atom stereocenters. The van der Waals surface area contributed by atoms with E-state index in [-0.39, 0.29) is 11.9 Å². The number of nitrogens with zero attached hydrogens (tertiary/aromatic N) is 1. The number of rotatable bonds is 5. The third kappa shape index (κ3) is 3.82. The standard InChI is InChI=1S/C15H17ClN2OS/c1-18(2)14(12-6-7-20-10-12)9-17-15(19)11-4-3-5-13(16)8-11/h3-8,10,14H,9H2,1-2H3,(H,17,19). The number of benzene rings is 1. The Balaban J connectivity index is 2.01. The van der Waals surface area contributed by atoms with Crippen molar-refractivity contribution in [2.45, 2.75) is 6.04 Å². The molecule has 2 rings (SSSR count). The molecule has 1 heterocycles. The largest absolute Gasteiger partial charge is 0.350 e. The van der Waals surface area contributed by atoms with E-state index in [4.69, 9.17) is 11.6 Å². The van der Waals surface area contributed by atoms with E-state index in [0.29, 0.717) is 17.1 Å². The van der Waals surface area contributed by atoms with Crippen LogP contribution in [0, 0.1) is 0 Å². The molecule has 0 aliphatic rings. The maximum atomic E-state index is 12.1. The van der Waals surface area contributed by atoms with Gasteiger partial charge in [-0.2, -0.15) is 11.3 Å². The van der Waals surface area contributed by atoms with Gasteiger partial charge in [-0.05, 0) is 54.7 Å². The molecule has 1 N–H and O–H groups in total. The lowest BCUT2D eigenvalue weighted by atomic mass is 10.1. The Labute approximate surface area is 128 Å². The van der Waals surface area contributed by atoms with Gasteiger partial charge in [0.1, 0.15) is 0 Å². The number of amides is 1. The van der Waals surface area contributed by atoms with Crippen molar-refractivity contribution in [2.75, 3.05) is 20.6 Å². The van der Waals surface area contributed by atoms with Crippen molar-refractivity contribution in [3.8, 4) is 0 Å². The summed E-state index contributed by atoms with van der Waals surface area (Å²) in [6.45, 7) is 0.565. The first-order valence-electron chi connectivity index (χ1n) is 6.30. The molecular weight excluding hydrogens is 292 g/mol. The summed E-state index contributed by atoms with van der Waals surface area (Å²) < 4.78 is 0. The minimum atomic E-state index is -0.102. The highest BCUT2D eigenvalue weighted by Gasteiger charge is 2.16. The highest BCUT2D eigenvalue weighted by Crippen LogP contribution is 2.20. The van der Waals surface area contributed by atoms with E-state index in [0.717, 1.165) is 0 Å². The van der Waals surface area contributed by atoms with Gasteiger partial charge in [0.05, 0.1) is 6.04 Å². The predicted octanol–water partition coefficient (Wildman–Crippen LogP) is 3.43. The second-order valence-electron chi connectivity index (χ2n) is 4.76. The molecule has 0 radical (unpaired) electrons. The van der Waals surface area contributed by atoms with Crippen LogP contribution in [0.5, 0.6) is 0 Å². The summed E-state index contributed by atoms with van der Waals surface area (Å²) in [5.41, 5.74) is 1.80. The van der Waals surface area contributed by atoms with Crippen LogP contribution in [0.2, 0.25) is 5.02 Å². The van der Waals surface area contributed by atoms with E-state index < -0.39 is 0 Å². The number of carbonyl (C=O) groups is 1. The van der Waals surface area contributed by atoms with Crippen LogP contribution < -0.4 is 5.32 Å². The molecule has 1 amide bonds. The Morgan fingerprint density at radius 2 is 2.20 bits per heavy atom. The molecule has 5 heteroatoms. The van der Waals surface area contributed by atoms with Crippen LogP contribution >= 0.6 is 22.9 Å². The SMILES string of the molecule is CN(C)C(CNC(=O)c1cccc(Cl)c1)c1ccsc1. The molecule has 106 valence electrons. The van der Waals surface area contributed by atoms with Gasteiger partial charge in [-0.15, -0.1) is 0 Å². The molecule has 1 aromatic carbocycles. The van der Waals surface area contributed by atoms with E-state index in [2.05, 4.69) is 21.7 Å². The minimum Gasteiger partial charge on any atom is -0.350 e. The zero-order chi connectivity index (χ0) is 14.5. The molecule has 3 nitrogen and oxygen atoms in total. The van der Waals surface area contributed by atoms with Crippen molar-refractivity contribution >= 4 is 28.8 Å². The fourth-order valence-corrected chi connectivity index (χ4v) is 2.88. The number of nitrogens with one attached hydrogen (secondary N) is 1. The number of hydrogen-bond donors (Lipinski definition) is 1. The molecule has 1 unspecified atom stereocenters. The van der Waals surface area contributed by atoms with Crippen LogP contribution in [0.1, 0.15) is 22.0 Å². The zero-order valence-corrected chi connectivity index (χ0v) is 13.0. The quantitative estimate of drug-likeness (QED) is 0.918. The molecule has 20 heavy (non-hydrogen) atoms. The Bertz CT molecular complexity index is 569. The lowest BCUT2D eigenvalue weighted by Crippen LogP contribution is -2.34.